The average molecular weight is 354 g/mol. The normalized spacial score (nSPS) is 32.8. The van der Waals surface area contributed by atoms with Crippen molar-refractivity contribution in [1.29, 1.82) is 0 Å². The third kappa shape index (κ3) is 2.85. The smallest absolute Gasteiger partial charge is 0.273 e. The molecule has 0 bridgehead atoms. The minimum absolute atomic E-state index is 0.0346. The maximum Gasteiger partial charge on any atom is 0.273 e. The minimum atomic E-state index is -0.248. The molecule has 2 aliphatic carbocycles. The lowest BCUT2D eigenvalue weighted by molar-refractivity contribution is -0.0977. The second-order valence-electron chi connectivity index (χ2n) is 7.30. The van der Waals surface area contributed by atoms with Gasteiger partial charge in [-0.2, -0.15) is 5.10 Å². The molecule has 2 heterocycles. The minimum Gasteiger partial charge on any atom is -0.378 e. The molecule has 7 heteroatoms. The number of rotatable bonds is 5. The molecule has 3 atom stereocenters. The van der Waals surface area contributed by atoms with Gasteiger partial charge in [-0.05, 0) is 44.4 Å². The number of nitrogens with zero attached hydrogens (tertiary/aromatic N) is 2. The number of halogens is 1. The predicted octanol–water partition coefficient (Wildman–Crippen LogP) is 2.64. The number of nitrogens with one attached hydrogen (secondary N) is 1. The fraction of sp³-hybridized carbons (Fsp3) is 0.765. The molecule has 6 nitrogen and oxygen atoms in total. The van der Waals surface area contributed by atoms with E-state index in [9.17, 15) is 4.79 Å². The Kier molecular flexibility index (Phi) is 4.31. The van der Waals surface area contributed by atoms with E-state index >= 15 is 0 Å². The highest BCUT2D eigenvalue weighted by Gasteiger charge is 2.53. The van der Waals surface area contributed by atoms with Crippen molar-refractivity contribution in [2.45, 2.75) is 56.3 Å². The van der Waals surface area contributed by atoms with Gasteiger partial charge in [-0.1, -0.05) is 11.6 Å². The van der Waals surface area contributed by atoms with Crippen molar-refractivity contribution in [2.24, 2.45) is 5.92 Å². The molecule has 0 radical (unpaired) electrons. The number of ether oxygens (including phenoxy) is 2. The second-order valence-corrected chi connectivity index (χ2v) is 7.71. The van der Waals surface area contributed by atoms with Crippen molar-refractivity contribution in [1.82, 2.24) is 15.1 Å². The van der Waals surface area contributed by atoms with Crippen LogP contribution < -0.4 is 0 Å². The number of carbonyl (C=O) groups is 1. The highest BCUT2D eigenvalue weighted by atomic mass is 35.5. The monoisotopic (exact) mass is 353 g/mol. The summed E-state index contributed by atoms with van der Waals surface area (Å²) in [5.41, 5.74) is 0.117. The van der Waals surface area contributed by atoms with E-state index in [4.69, 9.17) is 21.1 Å². The molecule has 3 fully saturated rings. The molecule has 4 rings (SSSR count). The quantitative estimate of drug-likeness (QED) is 0.883. The standard InChI is InChI=1S/C17H24ClN3O3/c1-23-17-5-4-12(24-10-11-2-3-11)8-14(17)21(7-6-17)16(22)15-13(18)9-19-20-15/h9,11-12,14H,2-8,10H2,1H3,(H,19,20)/t12-,14-,17+/m0/s1. The van der Waals surface area contributed by atoms with E-state index in [2.05, 4.69) is 10.2 Å². The van der Waals surface area contributed by atoms with Crippen LogP contribution in [0.15, 0.2) is 6.20 Å². The van der Waals surface area contributed by atoms with Crippen LogP contribution in [0.3, 0.4) is 0 Å². The molecule has 24 heavy (non-hydrogen) atoms. The van der Waals surface area contributed by atoms with Crippen LogP contribution in [-0.4, -0.2) is 59.0 Å². The topological polar surface area (TPSA) is 67.5 Å². The maximum atomic E-state index is 12.9. The Labute approximate surface area is 146 Å². The highest BCUT2D eigenvalue weighted by molar-refractivity contribution is 6.33. The fourth-order valence-electron chi connectivity index (χ4n) is 4.18. The molecule has 1 N–H and O–H groups in total. The summed E-state index contributed by atoms with van der Waals surface area (Å²) in [7, 11) is 1.76. The molecule has 0 unspecified atom stereocenters. The van der Waals surface area contributed by atoms with Crippen LogP contribution in [0.2, 0.25) is 5.02 Å². The number of H-pyrrole nitrogens is 1. The number of carbonyl (C=O) groups excluding carboxylic acids is 1. The first-order valence-electron chi connectivity index (χ1n) is 8.79. The lowest BCUT2D eigenvalue weighted by Crippen LogP contribution is -2.53. The summed E-state index contributed by atoms with van der Waals surface area (Å²) >= 11 is 6.08. The van der Waals surface area contributed by atoms with Gasteiger partial charge in [0.25, 0.3) is 5.91 Å². The van der Waals surface area contributed by atoms with Crippen LogP contribution >= 0.6 is 11.6 Å². The summed E-state index contributed by atoms with van der Waals surface area (Å²) in [4.78, 5) is 14.8. The summed E-state index contributed by atoms with van der Waals surface area (Å²) in [6.07, 6.45) is 7.90. The highest BCUT2D eigenvalue weighted by Crippen LogP contribution is 2.44. The van der Waals surface area contributed by atoms with Crippen molar-refractivity contribution in [2.75, 3.05) is 20.3 Å². The Hall–Kier alpha value is -1.11. The van der Waals surface area contributed by atoms with Crippen molar-refractivity contribution < 1.29 is 14.3 Å². The van der Waals surface area contributed by atoms with Crippen molar-refractivity contribution in [3.63, 3.8) is 0 Å². The zero-order valence-corrected chi connectivity index (χ0v) is 14.7. The molecule has 1 aromatic rings. The van der Waals surface area contributed by atoms with Gasteiger partial charge in [0.15, 0.2) is 0 Å². The van der Waals surface area contributed by atoms with Crippen LogP contribution in [0, 0.1) is 5.92 Å². The third-order valence-corrected chi connectivity index (χ3v) is 6.16. The Morgan fingerprint density at radius 3 is 2.96 bits per heavy atom. The van der Waals surface area contributed by atoms with Gasteiger partial charge >= 0.3 is 0 Å². The molecule has 1 aliphatic heterocycles. The largest absolute Gasteiger partial charge is 0.378 e. The molecule has 3 aliphatic rings. The van der Waals surface area contributed by atoms with E-state index in [1.54, 1.807) is 7.11 Å². The Bertz CT molecular complexity index is 618. The average Bonchev–Trinajstić information content (AvgIpc) is 3.21. The summed E-state index contributed by atoms with van der Waals surface area (Å²) < 4.78 is 12.0. The summed E-state index contributed by atoms with van der Waals surface area (Å²) in [5.74, 6) is 0.661. The lowest BCUT2D eigenvalue weighted by Gasteiger charge is -2.43. The second kappa shape index (κ2) is 6.32. The third-order valence-electron chi connectivity index (χ3n) is 5.87. The molecular weight excluding hydrogens is 330 g/mol. The van der Waals surface area contributed by atoms with E-state index in [0.29, 0.717) is 17.3 Å². The van der Waals surface area contributed by atoms with E-state index in [1.165, 1.54) is 19.0 Å². The SMILES string of the molecule is CO[C@@]12CC[C@H](OCC3CC3)C[C@@H]1N(C(=O)c1[nH]ncc1Cl)CC2. The van der Waals surface area contributed by atoms with E-state index in [-0.39, 0.29) is 23.7 Å². The summed E-state index contributed by atoms with van der Waals surface area (Å²) in [5, 5.41) is 6.96. The Morgan fingerprint density at radius 1 is 1.46 bits per heavy atom. The first-order valence-corrected chi connectivity index (χ1v) is 9.17. The first kappa shape index (κ1) is 16.4. The predicted molar refractivity (Wildman–Crippen MR) is 89.1 cm³/mol. The number of aromatic nitrogens is 2. The molecular formula is C17H24ClN3O3. The number of hydrogen-bond acceptors (Lipinski definition) is 4. The first-order chi connectivity index (χ1) is 11.6. The Morgan fingerprint density at radius 2 is 2.29 bits per heavy atom. The maximum absolute atomic E-state index is 12.9. The molecule has 1 saturated heterocycles. The Balaban J connectivity index is 1.50. The zero-order valence-electron chi connectivity index (χ0n) is 14.0. The molecule has 132 valence electrons. The number of methoxy groups -OCH3 is 1. The van der Waals surface area contributed by atoms with Gasteiger partial charge in [0.05, 0.1) is 29.0 Å². The van der Waals surface area contributed by atoms with Crippen molar-refractivity contribution >= 4 is 17.5 Å². The summed E-state index contributed by atoms with van der Waals surface area (Å²) in [6.45, 7) is 1.54. The van der Waals surface area contributed by atoms with Crippen molar-refractivity contribution in [3.8, 4) is 0 Å². The van der Waals surface area contributed by atoms with Gasteiger partial charge in [-0.25, -0.2) is 0 Å². The molecule has 1 amide bonds. The van der Waals surface area contributed by atoms with E-state index in [1.807, 2.05) is 4.90 Å². The molecule has 0 spiro atoms. The van der Waals surface area contributed by atoms with Crippen LogP contribution in [0.25, 0.3) is 0 Å². The van der Waals surface area contributed by atoms with Crippen LogP contribution in [0.1, 0.15) is 49.0 Å². The van der Waals surface area contributed by atoms with Gasteiger partial charge in [0.2, 0.25) is 0 Å². The number of aromatic amines is 1. The van der Waals surface area contributed by atoms with Gasteiger partial charge in [0, 0.05) is 20.3 Å². The fourth-order valence-corrected chi connectivity index (χ4v) is 4.35. The van der Waals surface area contributed by atoms with Gasteiger partial charge < -0.3 is 14.4 Å². The van der Waals surface area contributed by atoms with Crippen molar-refractivity contribution in [3.05, 3.63) is 16.9 Å². The zero-order chi connectivity index (χ0) is 16.7. The molecule has 0 aromatic carbocycles. The molecule has 2 saturated carbocycles. The van der Waals surface area contributed by atoms with Gasteiger partial charge in [-0.15, -0.1) is 0 Å². The number of hydrogen-bond donors (Lipinski definition) is 1. The van der Waals surface area contributed by atoms with E-state index in [0.717, 1.165) is 38.2 Å². The van der Waals surface area contributed by atoms with Gasteiger partial charge in [-0.3, -0.25) is 9.89 Å². The summed E-state index contributed by atoms with van der Waals surface area (Å²) in [6, 6.07) is 0.0346. The van der Waals surface area contributed by atoms with Crippen LogP contribution in [-0.2, 0) is 9.47 Å². The number of amides is 1. The van der Waals surface area contributed by atoms with Crippen LogP contribution in [0.5, 0.6) is 0 Å². The van der Waals surface area contributed by atoms with E-state index < -0.39 is 0 Å². The number of fused-ring (bicyclic) bond motifs is 1. The molecule has 1 aromatic heterocycles. The van der Waals surface area contributed by atoms with Gasteiger partial charge in [0.1, 0.15) is 5.69 Å². The lowest BCUT2D eigenvalue weighted by atomic mass is 9.79. The van der Waals surface area contributed by atoms with Crippen LogP contribution in [0.4, 0.5) is 0 Å². The number of likely N-dealkylation sites (tertiary alicyclic amines) is 1.